The molecule has 0 atom stereocenters. The number of hydrogen-bond acceptors (Lipinski definition) is 2. The number of rotatable bonds is 2. The lowest BCUT2D eigenvalue weighted by Crippen LogP contribution is -2.10. The standard InChI is InChI=1S/C16H20N2/c1-16(2,3)13-10-8-12(9-11-13)14-6-5-7-15(17-4)18-14/h5-11H,1-4H3,(H,17,18). The maximum atomic E-state index is 4.54. The maximum Gasteiger partial charge on any atom is 0.126 e. The van der Waals surface area contributed by atoms with Crippen LogP contribution < -0.4 is 5.32 Å². The number of hydrogen-bond donors (Lipinski definition) is 1. The monoisotopic (exact) mass is 240 g/mol. The molecule has 1 aromatic carbocycles. The third kappa shape index (κ3) is 2.70. The van der Waals surface area contributed by atoms with Gasteiger partial charge in [-0.1, -0.05) is 51.1 Å². The minimum atomic E-state index is 0.193. The van der Waals surface area contributed by atoms with Gasteiger partial charge in [-0.2, -0.15) is 0 Å². The van der Waals surface area contributed by atoms with Gasteiger partial charge in [0, 0.05) is 12.6 Å². The van der Waals surface area contributed by atoms with Crippen molar-refractivity contribution >= 4 is 5.82 Å². The minimum Gasteiger partial charge on any atom is -0.373 e. The van der Waals surface area contributed by atoms with Crippen molar-refractivity contribution in [3.63, 3.8) is 0 Å². The van der Waals surface area contributed by atoms with E-state index in [4.69, 9.17) is 0 Å². The minimum absolute atomic E-state index is 0.193. The van der Waals surface area contributed by atoms with Crippen molar-refractivity contribution in [2.24, 2.45) is 0 Å². The predicted octanol–water partition coefficient (Wildman–Crippen LogP) is 4.09. The molecule has 2 nitrogen and oxygen atoms in total. The van der Waals surface area contributed by atoms with Crippen molar-refractivity contribution in [2.75, 3.05) is 12.4 Å². The zero-order valence-electron chi connectivity index (χ0n) is 11.5. The molecule has 1 aromatic heterocycles. The summed E-state index contributed by atoms with van der Waals surface area (Å²) in [5, 5.41) is 3.06. The molecule has 0 amide bonds. The fourth-order valence-corrected chi connectivity index (χ4v) is 1.88. The zero-order chi connectivity index (χ0) is 13.2. The molecule has 2 aromatic rings. The largest absolute Gasteiger partial charge is 0.373 e. The van der Waals surface area contributed by atoms with Gasteiger partial charge in [-0.25, -0.2) is 4.98 Å². The average Bonchev–Trinajstić information content (AvgIpc) is 2.38. The third-order valence-electron chi connectivity index (χ3n) is 3.05. The normalized spacial score (nSPS) is 11.3. The van der Waals surface area contributed by atoms with Crippen molar-refractivity contribution in [2.45, 2.75) is 26.2 Å². The molecular weight excluding hydrogens is 220 g/mol. The first-order chi connectivity index (χ1) is 8.50. The Morgan fingerprint density at radius 3 is 2.17 bits per heavy atom. The van der Waals surface area contributed by atoms with E-state index in [-0.39, 0.29) is 5.41 Å². The van der Waals surface area contributed by atoms with Crippen molar-refractivity contribution in [3.05, 3.63) is 48.0 Å². The number of aromatic nitrogens is 1. The molecule has 0 saturated carbocycles. The SMILES string of the molecule is CNc1cccc(-c2ccc(C(C)(C)C)cc2)n1. The van der Waals surface area contributed by atoms with Gasteiger partial charge in [-0.3, -0.25) is 0 Å². The Balaban J connectivity index is 2.34. The Morgan fingerprint density at radius 1 is 0.944 bits per heavy atom. The number of nitrogens with one attached hydrogen (secondary N) is 1. The molecular formula is C16H20N2. The lowest BCUT2D eigenvalue weighted by molar-refractivity contribution is 0.590. The van der Waals surface area contributed by atoms with Crippen molar-refractivity contribution < 1.29 is 0 Å². The molecule has 0 spiro atoms. The summed E-state index contributed by atoms with van der Waals surface area (Å²) >= 11 is 0. The molecule has 0 saturated heterocycles. The first-order valence-electron chi connectivity index (χ1n) is 6.26. The summed E-state index contributed by atoms with van der Waals surface area (Å²) in [6, 6.07) is 14.7. The molecule has 0 fully saturated rings. The van der Waals surface area contributed by atoms with Gasteiger partial charge < -0.3 is 5.32 Å². The van der Waals surface area contributed by atoms with Crippen molar-refractivity contribution in [1.82, 2.24) is 4.98 Å². The van der Waals surface area contributed by atoms with E-state index >= 15 is 0 Å². The molecule has 1 N–H and O–H groups in total. The van der Waals surface area contributed by atoms with Gasteiger partial charge in [-0.15, -0.1) is 0 Å². The summed E-state index contributed by atoms with van der Waals surface area (Å²) in [5.74, 6) is 0.896. The quantitative estimate of drug-likeness (QED) is 0.855. The van der Waals surface area contributed by atoms with E-state index in [1.807, 2.05) is 25.2 Å². The summed E-state index contributed by atoms with van der Waals surface area (Å²) in [5.41, 5.74) is 3.69. The van der Waals surface area contributed by atoms with Gasteiger partial charge >= 0.3 is 0 Å². The van der Waals surface area contributed by atoms with E-state index in [9.17, 15) is 0 Å². The van der Waals surface area contributed by atoms with Gasteiger partial charge in [0.2, 0.25) is 0 Å². The zero-order valence-corrected chi connectivity index (χ0v) is 11.5. The summed E-state index contributed by atoms with van der Waals surface area (Å²) in [7, 11) is 1.88. The molecule has 0 aliphatic carbocycles. The number of benzene rings is 1. The van der Waals surface area contributed by atoms with Gasteiger partial charge in [0.25, 0.3) is 0 Å². The van der Waals surface area contributed by atoms with Crippen LogP contribution in [-0.4, -0.2) is 12.0 Å². The molecule has 2 rings (SSSR count). The lowest BCUT2D eigenvalue weighted by Gasteiger charge is -2.19. The average molecular weight is 240 g/mol. The predicted molar refractivity (Wildman–Crippen MR) is 77.9 cm³/mol. The van der Waals surface area contributed by atoms with Crippen LogP contribution in [0.15, 0.2) is 42.5 Å². The van der Waals surface area contributed by atoms with Crippen LogP contribution in [0.1, 0.15) is 26.3 Å². The topological polar surface area (TPSA) is 24.9 Å². The fraction of sp³-hybridized carbons (Fsp3) is 0.312. The highest BCUT2D eigenvalue weighted by Gasteiger charge is 2.13. The van der Waals surface area contributed by atoms with Gasteiger partial charge in [0.1, 0.15) is 5.82 Å². The van der Waals surface area contributed by atoms with E-state index in [2.05, 4.69) is 55.3 Å². The third-order valence-corrected chi connectivity index (χ3v) is 3.05. The Kier molecular flexibility index (Phi) is 3.37. The highest BCUT2D eigenvalue weighted by molar-refractivity contribution is 5.61. The van der Waals surface area contributed by atoms with E-state index in [0.29, 0.717) is 0 Å². The summed E-state index contributed by atoms with van der Waals surface area (Å²) in [6.07, 6.45) is 0. The molecule has 0 radical (unpaired) electrons. The van der Waals surface area contributed by atoms with Crippen LogP contribution in [0, 0.1) is 0 Å². The molecule has 94 valence electrons. The van der Waals surface area contributed by atoms with Crippen LogP contribution in [-0.2, 0) is 5.41 Å². The van der Waals surface area contributed by atoms with Gasteiger partial charge in [0.15, 0.2) is 0 Å². The molecule has 0 bridgehead atoms. The number of nitrogens with zero attached hydrogens (tertiary/aromatic N) is 1. The molecule has 18 heavy (non-hydrogen) atoms. The fourth-order valence-electron chi connectivity index (χ4n) is 1.88. The molecule has 2 heteroatoms. The smallest absolute Gasteiger partial charge is 0.126 e. The van der Waals surface area contributed by atoms with Crippen LogP contribution in [0.3, 0.4) is 0 Å². The van der Waals surface area contributed by atoms with Gasteiger partial charge in [0.05, 0.1) is 5.69 Å². The lowest BCUT2D eigenvalue weighted by atomic mass is 9.86. The number of anilines is 1. The van der Waals surface area contributed by atoms with Crippen molar-refractivity contribution in [3.8, 4) is 11.3 Å². The summed E-state index contributed by atoms with van der Waals surface area (Å²) in [4.78, 5) is 4.54. The van der Waals surface area contributed by atoms with Crippen molar-refractivity contribution in [1.29, 1.82) is 0 Å². The summed E-state index contributed by atoms with van der Waals surface area (Å²) < 4.78 is 0. The van der Waals surface area contributed by atoms with Crippen LogP contribution in [0.2, 0.25) is 0 Å². The second-order valence-electron chi connectivity index (χ2n) is 5.49. The Labute approximate surface area is 109 Å². The maximum absolute atomic E-state index is 4.54. The highest BCUT2D eigenvalue weighted by atomic mass is 15.0. The van der Waals surface area contributed by atoms with Crippen LogP contribution in [0.5, 0.6) is 0 Å². The molecule has 0 aliphatic heterocycles. The van der Waals surface area contributed by atoms with E-state index in [1.54, 1.807) is 0 Å². The molecule has 0 unspecified atom stereocenters. The van der Waals surface area contributed by atoms with E-state index < -0.39 is 0 Å². The second kappa shape index (κ2) is 4.81. The van der Waals surface area contributed by atoms with Crippen LogP contribution in [0.25, 0.3) is 11.3 Å². The van der Waals surface area contributed by atoms with E-state index in [1.165, 1.54) is 5.56 Å². The molecule has 1 heterocycles. The van der Waals surface area contributed by atoms with Crippen LogP contribution in [0.4, 0.5) is 5.82 Å². The molecule has 0 aliphatic rings. The first-order valence-corrected chi connectivity index (χ1v) is 6.26. The van der Waals surface area contributed by atoms with Crippen LogP contribution >= 0.6 is 0 Å². The highest BCUT2D eigenvalue weighted by Crippen LogP contribution is 2.25. The van der Waals surface area contributed by atoms with Gasteiger partial charge in [-0.05, 0) is 23.1 Å². The summed E-state index contributed by atoms with van der Waals surface area (Å²) in [6.45, 7) is 6.67. The Morgan fingerprint density at radius 2 is 1.61 bits per heavy atom. The Bertz CT molecular complexity index is 522. The van der Waals surface area contributed by atoms with E-state index in [0.717, 1.165) is 17.1 Å². The Hall–Kier alpha value is -1.83. The number of pyridine rings is 1. The second-order valence-corrected chi connectivity index (χ2v) is 5.49. The first kappa shape index (κ1) is 12.6.